The van der Waals surface area contributed by atoms with Gasteiger partial charge < -0.3 is 4.74 Å². The zero-order valence-corrected chi connectivity index (χ0v) is 12.2. The van der Waals surface area contributed by atoms with Gasteiger partial charge in [0.15, 0.2) is 5.78 Å². The van der Waals surface area contributed by atoms with Gasteiger partial charge in [0.1, 0.15) is 5.75 Å². The molecule has 0 aromatic heterocycles. The molecule has 0 bridgehead atoms. The minimum atomic E-state index is -0.275. The second kappa shape index (κ2) is 4.11. The summed E-state index contributed by atoms with van der Waals surface area (Å²) in [6, 6.07) is 2.04. The van der Waals surface area contributed by atoms with Crippen LogP contribution in [0.2, 0.25) is 0 Å². The van der Waals surface area contributed by atoms with Gasteiger partial charge in [0.25, 0.3) is 0 Å². The molecular weight excluding hydrogens is 224 g/mol. The van der Waals surface area contributed by atoms with Gasteiger partial charge in [0, 0.05) is 11.0 Å². The third-order valence-electron chi connectivity index (χ3n) is 4.00. The molecule has 0 saturated heterocycles. The molecule has 0 amide bonds. The fourth-order valence-electron chi connectivity index (χ4n) is 2.85. The Morgan fingerprint density at radius 3 is 2.44 bits per heavy atom. The predicted molar refractivity (Wildman–Crippen MR) is 73.6 cm³/mol. The van der Waals surface area contributed by atoms with Gasteiger partial charge in [0.2, 0.25) is 0 Å². The SMILES string of the molecule is COc1cc(C(C)C)c2c(c1C)CC(C)(C)C2=O. The molecule has 0 heterocycles. The number of carbonyl (C=O) groups is 1. The lowest BCUT2D eigenvalue weighted by atomic mass is 9.87. The van der Waals surface area contributed by atoms with Gasteiger partial charge in [-0.3, -0.25) is 4.79 Å². The van der Waals surface area contributed by atoms with Crippen LogP contribution in [-0.4, -0.2) is 12.9 Å². The standard InChI is InChI=1S/C16H22O2/c1-9(2)11-7-13(18-6)10(3)12-8-16(4,5)15(17)14(11)12/h7,9H,8H2,1-6H3. The minimum Gasteiger partial charge on any atom is -0.496 e. The third kappa shape index (κ3) is 1.75. The largest absolute Gasteiger partial charge is 0.496 e. The predicted octanol–water partition coefficient (Wildman–Crippen LogP) is 3.89. The van der Waals surface area contributed by atoms with Crippen molar-refractivity contribution in [3.63, 3.8) is 0 Å². The first-order valence-corrected chi connectivity index (χ1v) is 6.54. The lowest BCUT2D eigenvalue weighted by Gasteiger charge is -2.16. The van der Waals surface area contributed by atoms with E-state index in [1.165, 1.54) is 5.56 Å². The smallest absolute Gasteiger partial charge is 0.169 e. The van der Waals surface area contributed by atoms with E-state index in [4.69, 9.17) is 4.74 Å². The molecule has 0 spiro atoms. The molecule has 0 N–H and O–H groups in total. The third-order valence-corrected chi connectivity index (χ3v) is 4.00. The highest BCUT2D eigenvalue weighted by molar-refractivity contribution is 6.06. The first kappa shape index (κ1) is 13.1. The molecule has 1 aliphatic rings. The van der Waals surface area contributed by atoms with Gasteiger partial charge >= 0.3 is 0 Å². The van der Waals surface area contributed by atoms with Crippen molar-refractivity contribution < 1.29 is 9.53 Å². The highest BCUT2D eigenvalue weighted by Crippen LogP contribution is 2.44. The zero-order chi connectivity index (χ0) is 13.7. The molecule has 1 aromatic rings. The number of carbonyl (C=O) groups excluding carboxylic acids is 1. The highest BCUT2D eigenvalue weighted by Gasteiger charge is 2.40. The second-order valence-corrected chi connectivity index (χ2v) is 6.19. The maximum absolute atomic E-state index is 12.6. The van der Waals surface area contributed by atoms with E-state index < -0.39 is 0 Å². The van der Waals surface area contributed by atoms with E-state index in [2.05, 4.69) is 20.8 Å². The fraction of sp³-hybridized carbons (Fsp3) is 0.562. The minimum absolute atomic E-state index is 0.275. The van der Waals surface area contributed by atoms with Crippen LogP contribution in [0.25, 0.3) is 0 Å². The van der Waals surface area contributed by atoms with Crippen LogP contribution in [-0.2, 0) is 6.42 Å². The van der Waals surface area contributed by atoms with E-state index in [0.29, 0.717) is 5.92 Å². The summed E-state index contributed by atoms with van der Waals surface area (Å²) in [6.45, 7) is 10.4. The molecule has 0 radical (unpaired) electrons. The average molecular weight is 246 g/mol. The molecule has 2 heteroatoms. The molecule has 2 nitrogen and oxygen atoms in total. The summed E-state index contributed by atoms with van der Waals surface area (Å²) >= 11 is 0. The molecule has 0 unspecified atom stereocenters. The fourth-order valence-corrected chi connectivity index (χ4v) is 2.85. The molecule has 1 aromatic carbocycles. The van der Waals surface area contributed by atoms with Crippen molar-refractivity contribution in [1.29, 1.82) is 0 Å². The number of methoxy groups -OCH3 is 1. The van der Waals surface area contributed by atoms with Crippen molar-refractivity contribution in [2.75, 3.05) is 7.11 Å². The van der Waals surface area contributed by atoms with Crippen LogP contribution in [0.3, 0.4) is 0 Å². The second-order valence-electron chi connectivity index (χ2n) is 6.19. The topological polar surface area (TPSA) is 26.3 Å². The summed E-state index contributed by atoms with van der Waals surface area (Å²) < 4.78 is 5.45. The lowest BCUT2D eigenvalue weighted by molar-refractivity contribution is 0.0862. The van der Waals surface area contributed by atoms with Crippen LogP contribution in [0, 0.1) is 12.3 Å². The van der Waals surface area contributed by atoms with E-state index in [1.54, 1.807) is 7.11 Å². The van der Waals surface area contributed by atoms with Gasteiger partial charge in [-0.25, -0.2) is 0 Å². The average Bonchev–Trinajstić information content (AvgIpc) is 2.52. The van der Waals surface area contributed by atoms with Crippen molar-refractivity contribution >= 4 is 5.78 Å². The van der Waals surface area contributed by atoms with Crippen LogP contribution in [0.1, 0.15) is 60.7 Å². The Labute approximate surface area is 109 Å². The summed E-state index contributed by atoms with van der Waals surface area (Å²) in [5, 5.41) is 0. The Morgan fingerprint density at radius 1 is 1.33 bits per heavy atom. The Hall–Kier alpha value is -1.31. The quantitative estimate of drug-likeness (QED) is 0.791. The van der Waals surface area contributed by atoms with Gasteiger partial charge in [0.05, 0.1) is 7.11 Å². The zero-order valence-electron chi connectivity index (χ0n) is 12.2. The van der Waals surface area contributed by atoms with Crippen molar-refractivity contribution in [2.45, 2.75) is 47.0 Å². The van der Waals surface area contributed by atoms with Crippen LogP contribution >= 0.6 is 0 Å². The monoisotopic (exact) mass is 246 g/mol. The first-order chi connectivity index (χ1) is 8.29. The van der Waals surface area contributed by atoms with Crippen molar-refractivity contribution in [3.8, 4) is 5.75 Å². The van der Waals surface area contributed by atoms with E-state index in [-0.39, 0.29) is 11.2 Å². The van der Waals surface area contributed by atoms with E-state index in [1.807, 2.05) is 19.9 Å². The van der Waals surface area contributed by atoms with E-state index in [9.17, 15) is 4.79 Å². The molecule has 18 heavy (non-hydrogen) atoms. The van der Waals surface area contributed by atoms with Gasteiger partial charge in [-0.1, -0.05) is 27.7 Å². The van der Waals surface area contributed by atoms with Crippen molar-refractivity contribution in [2.24, 2.45) is 5.41 Å². The number of fused-ring (bicyclic) bond motifs is 1. The summed E-state index contributed by atoms with van der Waals surface area (Å²) in [5.74, 6) is 1.53. The number of ether oxygens (including phenoxy) is 1. The van der Waals surface area contributed by atoms with E-state index >= 15 is 0 Å². The van der Waals surface area contributed by atoms with Crippen LogP contribution < -0.4 is 4.74 Å². The van der Waals surface area contributed by atoms with Gasteiger partial charge in [-0.2, -0.15) is 0 Å². The number of hydrogen-bond donors (Lipinski definition) is 0. The normalized spacial score (nSPS) is 17.2. The molecular formula is C16H22O2. The van der Waals surface area contributed by atoms with Gasteiger partial charge in [-0.15, -0.1) is 0 Å². The maximum Gasteiger partial charge on any atom is 0.169 e. The summed E-state index contributed by atoms with van der Waals surface area (Å²) in [4.78, 5) is 12.6. The number of ketones is 1. The Balaban J connectivity index is 2.75. The van der Waals surface area contributed by atoms with Crippen LogP contribution in [0.5, 0.6) is 5.75 Å². The Kier molecular flexibility index (Phi) is 3.00. The Bertz CT molecular complexity index is 510. The lowest BCUT2D eigenvalue weighted by Crippen LogP contribution is -2.19. The Morgan fingerprint density at radius 2 is 1.94 bits per heavy atom. The number of rotatable bonds is 2. The summed E-state index contributed by atoms with van der Waals surface area (Å²) in [6.07, 6.45) is 0.823. The summed E-state index contributed by atoms with van der Waals surface area (Å²) in [7, 11) is 1.70. The van der Waals surface area contributed by atoms with Crippen molar-refractivity contribution in [1.82, 2.24) is 0 Å². The number of hydrogen-bond acceptors (Lipinski definition) is 2. The van der Waals surface area contributed by atoms with Crippen molar-refractivity contribution in [3.05, 3.63) is 28.3 Å². The van der Waals surface area contributed by atoms with Crippen LogP contribution in [0.15, 0.2) is 6.07 Å². The number of benzene rings is 1. The summed E-state index contributed by atoms with van der Waals surface area (Å²) in [5.41, 5.74) is 4.11. The van der Waals surface area contributed by atoms with E-state index in [0.717, 1.165) is 28.9 Å². The molecule has 0 atom stereocenters. The van der Waals surface area contributed by atoms with Crippen LogP contribution in [0.4, 0.5) is 0 Å². The molecule has 2 rings (SSSR count). The van der Waals surface area contributed by atoms with Gasteiger partial charge in [-0.05, 0) is 42.0 Å². The molecule has 0 aliphatic heterocycles. The molecule has 0 saturated carbocycles. The maximum atomic E-state index is 12.6. The number of Topliss-reactive ketones (excluding diaryl/α,β-unsaturated/α-hetero) is 1. The molecule has 1 aliphatic carbocycles. The first-order valence-electron chi connectivity index (χ1n) is 6.54. The molecule has 98 valence electrons. The highest BCUT2D eigenvalue weighted by atomic mass is 16.5. The molecule has 0 fully saturated rings.